The lowest BCUT2D eigenvalue weighted by Gasteiger charge is -2.16. The largest absolute Gasteiger partial charge is 0.350 e. The average Bonchev–Trinajstić information content (AvgIpc) is 3.07. The van der Waals surface area contributed by atoms with Crippen molar-refractivity contribution in [1.82, 2.24) is 15.6 Å². The molecule has 5 nitrogen and oxygen atoms in total. The fourth-order valence-corrected chi connectivity index (χ4v) is 4.37. The highest BCUT2D eigenvalue weighted by Crippen LogP contribution is 2.34. The molecular weight excluding hydrogens is 316 g/mol. The second-order valence-corrected chi connectivity index (χ2v) is 6.99. The smallest absolute Gasteiger partial charge is 0.261 e. The van der Waals surface area contributed by atoms with Crippen molar-refractivity contribution in [1.29, 1.82) is 0 Å². The zero-order valence-corrected chi connectivity index (χ0v) is 15.1. The van der Waals surface area contributed by atoms with Crippen LogP contribution in [0.25, 0.3) is 9.53 Å². The van der Waals surface area contributed by atoms with Crippen LogP contribution in [-0.4, -0.2) is 43.6 Å². The Morgan fingerprint density at radius 3 is 2.59 bits per heavy atom. The van der Waals surface area contributed by atoms with Crippen LogP contribution in [0.3, 0.4) is 0 Å². The number of aromatic nitrogens is 1. The fourth-order valence-electron chi connectivity index (χ4n) is 2.12. The number of thiazole rings is 1. The minimum Gasteiger partial charge on any atom is -0.350 e. The molecule has 0 bridgehead atoms. The van der Waals surface area contributed by atoms with Crippen LogP contribution in [0.2, 0.25) is 0 Å². The van der Waals surface area contributed by atoms with Crippen molar-refractivity contribution in [3.63, 3.8) is 0 Å². The molecule has 0 spiro atoms. The summed E-state index contributed by atoms with van der Waals surface area (Å²) in [6.45, 7) is 10.7. The Morgan fingerprint density at radius 2 is 1.95 bits per heavy atom. The molecule has 0 fully saturated rings. The van der Waals surface area contributed by atoms with Crippen molar-refractivity contribution in [2.24, 2.45) is 0 Å². The molecule has 2 N–H and O–H groups in total. The molecule has 1 amide bonds. The van der Waals surface area contributed by atoms with E-state index in [-0.39, 0.29) is 5.91 Å². The summed E-state index contributed by atoms with van der Waals surface area (Å²) < 4.78 is 1.10. The fraction of sp³-hybridized carbons (Fsp3) is 0.600. The van der Waals surface area contributed by atoms with Crippen LogP contribution in [0.1, 0.15) is 36.9 Å². The van der Waals surface area contributed by atoms with Crippen molar-refractivity contribution in [3.8, 4) is 0 Å². The van der Waals surface area contributed by atoms with E-state index < -0.39 is 0 Å². The van der Waals surface area contributed by atoms with Gasteiger partial charge in [0.2, 0.25) is 0 Å². The summed E-state index contributed by atoms with van der Waals surface area (Å²) in [6.07, 6.45) is 1.11. The summed E-state index contributed by atoms with van der Waals surface area (Å²) in [5, 5.41) is 7.26. The Morgan fingerprint density at radius 1 is 1.18 bits per heavy atom. The Balaban J connectivity index is 1.95. The highest BCUT2D eigenvalue weighted by molar-refractivity contribution is 7.29. The molecule has 0 saturated carbocycles. The van der Waals surface area contributed by atoms with Crippen LogP contribution >= 0.6 is 22.7 Å². The maximum atomic E-state index is 12.1. The molecule has 0 saturated heterocycles. The summed E-state index contributed by atoms with van der Waals surface area (Å²) in [7, 11) is 0. The molecule has 22 heavy (non-hydrogen) atoms. The molecule has 122 valence electrons. The van der Waals surface area contributed by atoms with E-state index in [4.69, 9.17) is 0 Å². The molecule has 2 aromatic rings. The third-order valence-electron chi connectivity index (χ3n) is 3.35. The number of nitrogens with zero attached hydrogens (tertiary/aromatic N) is 2. The zero-order chi connectivity index (χ0) is 15.9. The number of amides is 1. The Hall–Kier alpha value is -1.18. The molecule has 0 unspecified atom stereocenters. The second kappa shape index (κ2) is 8.45. The van der Waals surface area contributed by atoms with Crippen molar-refractivity contribution < 1.29 is 4.79 Å². The topological polar surface area (TPSA) is 57.3 Å². The first-order valence-electron chi connectivity index (χ1n) is 7.83. The minimum absolute atomic E-state index is 0.00196. The van der Waals surface area contributed by atoms with Crippen molar-refractivity contribution in [2.45, 2.75) is 27.2 Å². The van der Waals surface area contributed by atoms with E-state index in [9.17, 15) is 4.79 Å². The minimum atomic E-state index is -0.00196. The van der Waals surface area contributed by atoms with Crippen molar-refractivity contribution >= 4 is 43.2 Å². The van der Waals surface area contributed by atoms with Gasteiger partial charge in [-0.05, 0) is 32.9 Å². The summed E-state index contributed by atoms with van der Waals surface area (Å²) in [5.41, 5.74) is 0. The number of anilines is 1. The number of nitrogens with one attached hydrogen (secondary N) is 2. The van der Waals surface area contributed by atoms with Gasteiger partial charge in [0.15, 0.2) is 5.13 Å². The molecule has 0 radical (unpaired) electrons. The Labute approximate surface area is 139 Å². The van der Waals surface area contributed by atoms with Crippen molar-refractivity contribution in [2.75, 3.05) is 37.6 Å². The molecule has 0 aliphatic heterocycles. The van der Waals surface area contributed by atoms with Crippen LogP contribution in [0.4, 0.5) is 5.13 Å². The highest BCUT2D eigenvalue weighted by Gasteiger charge is 2.15. The number of rotatable bonds is 9. The predicted octanol–water partition coefficient (Wildman–Crippen LogP) is 2.93. The number of fused-ring (bicyclic) bond motifs is 1. The monoisotopic (exact) mass is 340 g/mol. The SMILES string of the molecule is CCCNCCNC(=O)c1cc2sc(N(CC)CC)nc2s1. The lowest BCUT2D eigenvalue weighted by atomic mass is 10.4. The number of hydrogen-bond donors (Lipinski definition) is 2. The van der Waals surface area contributed by atoms with Gasteiger partial charge in [0.05, 0.1) is 9.58 Å². The summed E-state index contributed by atoms with van der Waals surface area (Å²) in [6, 6.07) is 1.96. The van der Waals surface area contributed by atoms with Crippen LogP contribution in [0.15, 0.2) is 6.07 Å². The van der Waals surface area contributed by atoms with Crippen LogP contribution in [0.5, 0.6) is 0 Å². The average molecular weight is 341 g/mol. The van der Waals surface area contributed by atoms with E-state index in [2.05, 4.69) is 41.3 Å². The van der Waals surface area contributed by atoms with Gasteiger partial charge in [-0.2, -0.15) is 0 Å². The van der Waals surface area contributed by atoms with Gasteiger partial charge in [0.25, 0.3) is 5.91 Å². The van der Waals surface area contributed by atoms with E-state index in [0.29, 0.717) is 6.54 Å². The number of carbonyl (C=O) groups excluding carboxylic acids is 1. The molecule has 0 aliphatic carbocycles. The lowest BCUT2D eigenvalue weighted by Crippen LogP contribution is -2.31. The first kappa shape index (κ1) is 17.2. The van der Waals surface area contributed by atoms with E-state index in [0.717, 1.165) is 52.1 Å². The van der Waals surface area contributed by atoms with Gasteiger partial charge >= 0.3 is 0 Å². The molecule has 0 atom stereocenters. The van der Waals surface area contributed by atoms with Gasteiger partial charge in [0.1, 0.15) is 4.83 Å². The van der Waals surface area contributed by atoms with Crippen molar-refractivity contribution in [3.05, 3.63) is 10.9 Å². The summed E-state index contributed by atoms with van der Waals surface area (Å²) in [5.74, 6) is -0.00196. The van der Waals surface area contributed by atoms with E-state index in [1.807, 2.05) is 6.07 Å². The maximum Gasteiger partial charge on any atom is 0.261 e. The standard InChI is InChI=1S/C15H24N4OS2/c1-4-7-16-8-9-17-13(20)11-10-12-14(21-11)18-15(22-12)19(5-2)6-3/h10,16H,4-9H2,1-3H3,(H,17,20). The zero-order valence-electron chi connectivity index (χ0n) is 13.4. The molecule has 0 aliphatic rings. The first-order valence-corrected chi connectivity index (χ1v) is 9.47. The normalized spacial score (nSPS) is 11.0. The quantitative estimate of drug-likeness (QED) is 0.689. The Kier molecular flexibility index (Phi) is 6.60. The van der Waals surface area contributed by atoms with Crippen LogP contribution in [-0.2, 0) is 0 Å². The number of hydrogen-bond acceptors (Lipinski definition) is 6. The lowest BCUT2D eigenvalue weighted by molar-refractivity contribution is 0.0958. The molecule has 2 rings (SSSR count). The molecule has 2 heterocycles. The summed E-state index contributed by atoms with van der Waals surface area (Å²) in [4.78, 5) is 20.7. The van der Waals surface area contributed by atoms with Crippen LogP contribution in [0, 0.1) is 0 Å². The third kappa shape index (κ3) is 4.18. The van der Waals surface area contributed by atoms with Gasteiger partial charge in [0, 0.05) is 26.2 Å². The second-order valence-electron chi connectivity index (χ2n) is 4.95. The van der Waals surface area contributed by atoms with E-state index in [1.54, 1.807) is 11.3 Å². The van der Waals surface area contributed by atoms with Crippen LogP contribution < -0.4 is 15.5 Å². The third-order valence-corrected chi connectivity index (χ3v) is 5.57. The van der Waals surface area contributed by atoms with E-state index >= 15 is 0 Å². The Bertz CT molecular complexity index is 572. The maximum absolute atomic E-state index is 12.1. The number of carbonyl (C=O) groups is 1. The van der Waals surface area contributed by atoms with E-state index in [1.165, 1.54) is 11.3 Å². The van der Waals surface area contributed by atoms with Gasteiger partial charge in [-0.15, -0.1) is 11.3 Å². The van der Waals surface area contributed by atoms with Gasteiger partial charge in [-0.3, -0.25) is 4.79 Å². The van der Waals surface area contributed by atoms with Gasteiger partial charge < -0.3 is 15.5 Å². The highest BCUT2D eigenvalue weighted by atomic mass is 32.1. The van der Waals surface area contributed by atoms with Gasteiger partial charge in [-0.1, -0.05) is 18.3 Å². The first-order chi connectivity index (χ1) is 10.7. The molecule has 2 aromatic heterocycles. The summed E-state index contributed by atoms with van der Waals surface area (Å²) >= 11 is 3.13. The molecule has 7 heteroatoms. The number of thiophene rings is 1. The predicted molar refractivity (Wildman–Crippen MR) is 96.6 cm³/mol. The van der Waals surface area contributed by atoms with Gasteiger partial charge in [-0.25, -0.2) is 4.98 Å². The molecular formula is C15H24N4OS2. The molecule has 0 aromatic carbocycles.